The third-order valence-corrected chi connectivity index (χ3v) is 3.65. The van der Waals surface area contributed by atoms with Crippen molar-refractivity contribution < 1.29 is 4.79 Å². The highest BCUT2D eigenvalue weighted by molar-refractivity contribution is 7.98. The van der Waals surface area contributed by atoms with E-state index in [0.29, 0.717) is 0 Å². The Morgan fingerprint density at radius 2 is 2.18 bits per heavy atom. The van der Waals surface area contributed by atoms with E-state index in [4.69, 9.17) is 0 Å². The lowest BCUT2D eigenvalue weighted by Crippen LogP contribution is -2.28. The lowest BCUT2D eigenvalue weighted by atomic mass is 10.1. The van der Waals surface area contributed by atoms with Crippen LogP contribution in [0.3, 0.4) is 0 Å². The first-order valence-electron chi connectivity index (χ1n) is 5.79. The van der Waals surface area contributed by atoms with E-state index in [9.17, 15) is 4.79 Å². The highest BCUT2D eigenvalue weighted by atomic mass is 32.2. The monoisotopic (exact) mass is 250 g/mol. The number of carbonyl (C=O) groups excluding carboxylic acids is 1. The Balaban J connectivity index is 2.09. The molecule has 0 aromatic heterocycles. The summed E-state index contributed by atoms with van der Waals surface area (Å²) < 4.78 is 0. The number of rotatable bonds is 4. The van der Waals surface area contributed by atoms with Gasteiger partial charge in [-0.1, -0.05) is 6.07 Å². The molecule has 0 radical (unpaired) electrons. The summed E-state index contributed by atoms with van der Waals surface area (Å²) in [4.78, 5) is 13.9. The molecule has 0 unspecified atom stereocenters. The molecule has 0 saturated carbocycles. The average Bonchev–Trinajstić information content (AvgIpc) is 2.81. The van der Waals surface area contributed by atoms with Crippen LogP contribution in [-0.2, 0) is 13.1 Å². The van der Waals surface area contributed by atoms with Crippen molar-refractivity contribution in [2.75, 3.05) is 25.6 Å². The zero-order valence-corrected chi connectivity index (χ0v) is 11.1. The minimum absolute atomic E-state index is 0.119. The van der Waals surface area contributed by atoms with Gasteiger partial charge in [-0.05, 0) is 29.5 Å². The lowest BCUT2D eigenvalue weighted by molar-refractivity contribution is 0.0803. The van der Waals surface area contributed by atoms with Crippen molar-refractivity contribution in [2.24, 2.45) is 0 Å². The molecule has 4 heteroatoms. The maximum Gasteiger partial charge on any atom is 0.253 e. The Hall–Kier alpha value is -1.00. The van der Waals surface area contributed by atoms with Gasteiger partial charge in [0.2, 0.25) is 0 Å². The van der Waals surface area contributed by atoms with Crippen LogP contribution < -0.4 is 5.32 Å². The summed E-state index contributed by atoms with van der Waals surface area (Å²) in [5.41, 5.74) is 3.37. The number of thioether (sulfide) groups is 1. The first-order chi connectivity index (χ1) is 8.22. The van der Waals surface area contributed by atoms with Crippen LogP contribution in [-0.4, -0.2) is 36.4 Å². The third kappa shape index (κ3) is 2.82. The molecule has 1 aliphatic heterocycles. The van der Waals surface area contributed by atoms with Crippen molar-refractivity contribution >= 4 is 17.7 Å². The second-order valence-electron chi connectivity index (χ2n) is 4.31. The molecule has 17 heavy (non-hydrogen) atoms. The molecule has 1 N–H and O–H groups in total. The van der Waals surface area contributed by atoms with Gasteiger partial charge in [0, 0.05) is 38.0 Å². The summed E-state index contributed by atoms with van der Waals surface area (Å²) in [6.45, 7) is 2.60. The van der Waals surface area contributed by atoms with Crippen LogP contribution in [0.15, 0.2) is 18.2 Å². The number of carbonyl (C=O) groups is 1. The number of amides is 1. The van der Waals surface area contributed by atoms with E-state index >= 15 is 0 Å². The maximum absolute atomic E-state index is 12.1. The molecule has 92 valence electrons. The molecule has 1 aromatic carbocycles. The number of benzene rings is 1. The minimum Gasteiger partial charge on any atom is -0.341 e. The predicted molar refractivity (Wildman–Crippen MR) is 72.3 cm³/mol. The van der Waals surface area contributed by atoms with E-state index in [1.807, 2.05) is 19.2 Å². The summed E-state index contributed by atoms with van der Waals surface area (Å²) in [5, 5.41) is 3.29. The Labute approximate surface area is 107 Å². The van der Waals surface area contributed by atoms with Gasteiger partial charge in [0.15, 0.2) is 0 Å². The molecule has 1 aromatic rings. The Morgan fingerprint density at radius 3 is 2.94 bits per heavy atom. The Kier molecular flexibility index (Phi) is 4.07. The van der Waals surface area contributed by atoms with Crippen molar-refractivity contribution in [1.82, 2.24) is 10.2 Å². The van der Waals surface area contributed by atoms with Crippen LogP contribution in [0.5, 0.6) is 0 Å². The first kappa shape index (κ1) is 12.5. The van der Waals surface area contributed by atoms with Gasteiger partial charge < -0.3 is 10.2 Å². The fraction of sp³-hybridized carbons (Fsp3) is 0.462. The SMILES string of the molecule is CSCCN(C)C(=O)c1ccc2c(c1)CNC2. The smallest absolute Gasteiger partial charge is 0.253 e. The molecular formula is C13H18N2OS. The van der Waals surface area contributed by atoms with Gasteiger partial charge >= 0.3 is 0 Å². The van der Waals surface area contributed by atoms with Crippen molar-refractivity contribution in [3.05, 3.63) is 34.9 Å². The van der Waals surface area contributed by atoms with E-state index in [2.05, 4.69) is 17.6 Å². The van der Waals surface area contributed by atoms with E-state index in [1.165, 1.54) is 11.1 Å². The molecule has 0 atom stereocenters. The van der Waals surface area contributed by atoms with Gasteiger partial charge in [-0.2, -0.15) is 11.8 Å². The van der Waals surface area contributed by atoms with Crippen LogP contribution in [0.4, 0.5) is 0 Å². The van der Waals surface area contributed by atoms with Gasteiger partial charge in [0.1, 0.15) is 0 Å². The second kappa shape index (κ2) is 5.56. The quantitative estimate of drug-likeness (QED) is 0.883. The molecule has 0 bridgehead atoms. The van der Waals surface area contributed by atoms with Crippen molar-refractivity contribution in [3.8, 4) is 0 Å². The molecule has 1 amide bonds. The predicted octanol–water partition coefficient (Wildman–Crippen LogP) is 1.72. The normalized spacial score (nSPS) is 13.5. The van der Waals surface area contributed by atoms with Crippen molar-refractivity contribution in [1.29, 1.82) is 0 Å². The lowest BCUT2D eigenvalue weighted by Gasteiger charge is -2.17. The molecule has 2 rings (SSSR count). The summed E-state index contributed by atoms with van der Waals surface area (Å²) in [6.07, 6.45) is 2.05. The molecule has 0 saturated heterocycles. The van der Waals surface area contributed by atoms with Crippen LogP contribution in [0.1, 0.15) is 21.5 Å². The second-order valence-corrected chi connectivity index (χ2v) is 5.29. The minimum atomic E-state index is 0.119. The summed E-state index contributed by atoms with van der Waals surface area (Å²) in [6, 6.07) is 6.02. The molecule has 0 spiro atoms. The molecule has 1 heterocycles. The number of nitrogens with zero attached hydrogens (tertiary/aromatic N) is 1. The maximum atomic E-state index is 12.1. The fourth-order valence-electron chi connectivity index (χ4n) is 1.98. The first-order valence-corrected chi connectivity index (χ1v) is 7.18. The van der Waals surface area contributed by atoms with Crippen LogP contribution >= 0.6 is 11.8 Å². The van der Waals surface area contributed by atoms with Gasteiger partial charge in [-0.25, -0.2) is 0 Å². The summed E-state index contributed by atoms with van der Waals surface area (Å²) in [7, 11) is 1.87. The largest absolute Gasteiger partial charge is 0.341 e. The summed E-state index contributed by atoms with van der Waals surface area (Å²) >= 11 is 1.76. The van der Waals surface area contributed by atoms with Crippen LogP contribution in [0.2, 0.25) is 0 Å². The number of fused-ring (bicyclic) bond motifs is 1. The number of hydrogen-bond acceptors (Lipinski definition) is 3. The standard InChI is InChI=1S/C13H18N2OS/c1-15(5-6-17-2)13(16)10-3-4-11-8-14-9-12(11)7-10/h3-4,7,14H,5-6,8-9H2,1-2H3. The van der Waals surface area contributed by atoms with E-state index in [0.717, 1.165) is 31.0 Å². The Bertz CT molecular complexity index is 420. The molecular weight excluding hydrogens is 232 g/mol. The van der Waals surface area contributed by atoms with E-state index < -0.39 is 0 Å². The van der Waals surface area contributed by atoms with Gasteiger partial charge in [0.05, 0.1) is 0 Å². The molecule has 1 aliphatic rings. The van der Waals surface area contributed by atoms with Gasteiger partial charge in [-0.3, -0.25) is 4.79 Å². The highest BCUT2D eigenvalue weighted by Crippen LogP contribution is 2.17. The fourth-order valence-corrected chi connectivity index (χ4v) is 2.43. The van der Waals surface area contributed by atoms with E-state index in [1.54, 1.807) is 16.7 Å². The topological polar surface area (TPSA) is 32.3 Å². The van der Waals surface area contributed by atoms with Crippen LogP contribution in [0.25, 0.3) is 0 Å². The van der Waals surface area contributed by atoms with Crippen molar-refractivity contribution in [3.63, 3.8) is 0 Å². The van der Waals surface area contributed by atoms with E-state index in [-0.39, 0.29) is 5.91 Å². The molecule has 0 fully saturated rings. The summed E-state index contributed by atoms with van der Waals surface area (Å²) in [5.74, 6) is 1.10. The third-order valence-electron chi connectivity index (χ3n) is 3.06. The molecule has 0 aliphatic carbocycles. The highest BCUT2D eigenvalue weighted by Gasteiger charge is 2.15. The van der Waals surface area contributed by atoms with Crippen LogP contribution in [0, 0.1) is 0 Å². The van der Waals surface area contributed by atoms with Gasteiger partial charge in [-0.15, -0.1) is 0 Å². The number of nitrogens with one attached hydrogen (secondary N) is 1. The average molecular weight is 250 g/mol. The van der Waals surface area contributed by atoms with Gasteiger partial charge in [0.25, 0.3) is 5.91 Å². The Morgan fingerprint density at radius 1 is 1.41 bits per heavy atom. The zero-order chi connectivity index (χ0) is 12.3. The zero-order valence-electron chi connectivity index (χ0n) is 10.3. The molecule has 3 nitrogen and oxygen atoms in total. The number of hydrogen-bond donors (Lipinski definition) is 1. The van der Waals surface area contributed by atoms with Crippen molar-refractivity contribution in [2.45, 2.75) is 13.1 Å².